The summed E-state index contributed by atoms with van der Waals surface area (Å²) in [4.78, 5) is 35.9. The second kappa shape index (κ2) is 7.13. The third kappa shape index (κ3) is 4.09. The van der Waals surface area contributed by atoms with E-state index in [-0.39, 0.29) is 5.56 Å². The molecule has 2 aromatic carbocycles. The van der Waals surface area contributed by atoms with Crippen molar-refractivity contribution in [1.29, 1.82) is 0 Å². The number of carboxylic acid groups (broad SMARTS) is 1. The summed E-state index contributed by atoms with van der Waals surface area (Å²) < 4.78 is 32.8. The molecular formula is C16H12F3N3O4. The minimum atomic E-state index is -5.08. The van der Waals surface area contributed by atoms with Gasteiger partial charge < -0.3 is 15.8 Å². The lowest BCUT2D eigenvalue weighted by Crippen LogP contribution is -2.33. The van der Waals surface area contributed by atoms with Gasteiger partial charge in [-0.25, -0.2) is 14.2 Å². The van der Waals surface area contributed by atoms with Crippen molar-refractivity contribution in [1.82, 2.24) is 9.55 Å². The maximum Gasteiger partial charge on any atom is 0.490 e. The zero-order valence-corrected chi connectivity index (χ0v) is 12.9. The number of nitrogen functional groups attached to an aromatic ring is 1. The number of aromatic amines is 1. The lowest BCUT2D eigenvalue weighted by atomic mass is 10.2. The van der Waals surface area contributed by atoms with Crippen molar-refractivity contribution >= 4 is 22.6 Å². The second-order valence-electron chi connectivity index (χ2n) is 5.01. The molecule has 1 aromatic heterocycles. The number of aliphatic carboxylic acids is 1. The van der Waals surface area contributed by atoms with Crippen molar-refractivity contribution in [2.24, 2.45) is 0 Å². The van der Waals surface area contributed by atoms with Crippen LogP contribution in [0.2, 0.25) is 0 Å². The standard InChI is InChI=1S/C14H11N3O2.C2HF3O2/c15-9-5-7-10(8-6-9)17-13(18)11-3-1-2-4-12(11)16-14(17)19;3-2(4,5)1(6)7/h1-8H,15H2,(H,16,19);(H,6,7). The molecule has 0 spiro atoms. The summed E-state index contributed by atoms with van der Waals surface area (Å²) in [6, 6.07) is 13.5. The summed E-state index contributed by atoms with van der Waals surface area (Å²) in [5.74, 6) is -2.76. The molecule has 0 amide bonds. The van der Waals surface area contributed by atoms with Crippen LogP contribution in [-0.4, -0.2) is 26.8 Å². The average Bonchev–Trinajstić information content (AvgIpc) is 2.56. The lowest BCUT2D eigenvalue weighted by Gasteiger charge is -2.06. The quantitative estimate of drug-likeness (QED) is 0.568. The van der Waals surface area contributed by atoms with Crippen LogP contribution in [0.1, 0.15) is 0 Å². The topological polar surface area (TPSA) is 118 Å². The number of rotatable bonds is 1. The summed E-state index contributed by atoms with van der Waals surface area (Å²) in [6.07, 6.45) is -5.08. The van der Waals surface area contributed by atoms with Crippen LogP contribution in [0.3, 0.4) is 0 Å². The van der Waals surface area contributed by atoms with E-state index in [4.69, 9.17) is 15.6 Å². The molecule has 0 radical (unpaired) electrons. The number of anilines is 1. The number of carboxylic acids is 1. The molecule has 3 aromatic rings. The number of halogens is 3. The number of H-pyrrole nitrogens is 1. The van der Waals surface area contributed by atoms with Crippen LogP contribution in [0.15, 0.2) is 58.1 Å². The number of alkyl halides is 3. The SMILES string of the molecule is Nc1ccc(-n2c(=O)[nH]c3ccccc3c2=O)cc1.O=C(O)C(F)(F)F. The van der Waals surface area contributed by atoms with Gasteiger partial charge in [0, 0.05) is 5.69 Å². The first-order valence-corrected chi connectivity index (χ1v) is 7.01. The molecule has 3 rings (SSSR count). The van der Waals surface area contributed by atoms with Gasteiger partial charge in [-0.1, -0.05) is 12.1 Å². The third-order valence-corrected chi connectivity index (χ3v) is 3.20. The molecule has 0 bridgehead atoms. The minimum absolute atomic E-state index is 0.343. The van der Waals surface area contributed by atoms with Gasteiger partial charge in [-0.2, -0.15) is 13.2 Å². The van der Waals surface area contributed by atoms with E-state index in [1.54, 1.807) is 48.5 Å². The molecule has 136 valence electrons. The van der Waals surface area contributed by atoms with E-state index in [2.05, 4.69) is 4.98 Å². The number of fused-ring (bicyclic) bond motifs is 1. The molecule has 0 unspecified atom stereocenters. The predicted molar refractivity (Wildman–Crippen MR) is 88.3 cm³/mol. The van der Waals surface area contributed by atoms with Crippen molar-refractivity contribution in [2.75, 3.05) is 5.73 Å². The Kier molecular flexibility index (Phi) is 5.15. The molecular weight excluding hydrogens is 355 g/mol. The van der Waals surface area contributed by atoms with Gasteiger partial charge >= 0.3 is 17.8 Å². The number of nitrogens with two attached hydrogens (primary N) is 1. The molecule has 10 heteroatoms. The largest absolute Gasteiger partial charge is 0.490 e. The Bertz CT molecular complexity index is 1050. The highest BCUT2D eigenvalue weighted by atomic mass is 19.4. The van der Waals surface area contributed by atoms with E-state index in [0.29, 0.717) is 22.3 Å². The summed E-state index contributed by atoms with van der Waals surface area (Å²) in [6.45, 7) is 0. The van der Waals surface area contributed by atoms with Crippen LogP contribution >= 0.6 is 0 Å². The molecule has 0 atom stereocenters. The Labute approximate surface area is 143 Å². The number of aromatic nitrogens is 2. The molecule has 7 nitrogen and oxygen atoms in total. The van der Waals surface area contributed by atoms with Gasteiger partial charge in [0.1, 0.15) is 0 Å². The first-order chi connectivity index (χ1) is 12.1. The van der Waals surface area contributed by atoms with E-state index in [1.165, 1.54) is 0 Å². The number of hydrogen-bond donors (Lipinski definition) is 3. The van der Waals surface area contributed by atoms with Crippen molar-refractivity contribution in [2.45, 2.75) is 6.18 Å². The van der Waals surface area contributed by atoms with Crippen LogP contribution in [0.4, 0.5) is 18.9 Å². The van der Waals surface area contributed by atoms with Crippen molar-refractivity contribution in [3.8, 4) is 5.69 Å². The van der Waals surface area contributed by atoms with Crippen molar-refractivity contribution in [3.05, 3.63) is 69.4 Å². The van der Waals surface area contributed by atoms with Gasteiger partial charge in [-0.05, 0) is 36.4 Å². The van der Waals surface area contributed by atoms with Crippen molar-refractivity contribution in [3.63, 3.8) is 0 Å². The van der Waals surface area contributed by atoms with Gasteiger partial charge in [-0.15, -0.1) is 0 Å². The van der Waals surface area contributed by atoms with E-state index in [1.807, 2.05) is 0 Å². The monoisotopic (exact) mass is 367 g/mol. The number of hydrogen-bond acceptors (Lipinski definition) is 4. The first kappa shape index (κ1) is 18.8. The molecule has 0 aliphatic heterocycles. The molecule has 0 aliphatic carbocycles. The zero-order chi connectivity index (χ0) is 19.5. The molecule has 0 saturated carbocycles. The highest BCUT2D eigenvalue weighted by Crippen LogP contribution is 2.13. The maximum atomic E-state index is 12.3. The van der Waals surface area contributed by atoms with Crippen LogP contribution < -0.4 is 17.0 Å². The summed E-state index contributed by atoms with van der Waals surface area (Å²) in [5.41, 5.74) is 6.39. The van der Waals surface area contributed by atoms with Crippen LogP contribution in [0.25, 0.3) is 16.6 Å². The van der Waals surface area contributed by atoms with E-state index >= 15 is 0 Å². The first-order valence-electron chi connectivity index (χ1n) is 7.01. The Balaban J connectivity index is 0.000000298. The molecule has 0 fully saturated rings. The molecule has 0 aliphatic rings. The van der Waals surface area contributed by atoms with E-state index in [0.717, 1.165) is 4.57 Å². The van der Waals surface area contributed by atoms with E-state index < -0.39 is 17.8 Å². The van der Waals surface area contributed by atoms with Gasteiger partial charge in [0.25, 0.3) is 5.56 Å². The summed E-state index contributed by atoms with van der Waals surface area (Å²) >= 11 is 0. The molecule has 26 heavy (non-hydrogen) atoms. The normalized spacial score (nSPS) is 10.9. The number of nitrogens with zero attached hydrogens (tertiary/aromatic N) is 1. The Hall–Kier alpha value is -3.56. The van der Waals surface area contributed by atoms with Gasteiger partial charge in [-0.3, -0.25) is 4.79 Å². The Morgan fingerprint density at radius 1 is 1.04 bits per heavy atom. The highest BCUT2D eigenvalue weighted by molar-refractivity contribution is 5.77. The zero-order valence-electron chi connectivity index (χ0n) is 12.9. The fraction of sp³-hybridized carbons (Fsp3) is 0.0625. The Morgan fingerprint density at radius 2 is 1.58 bits per heavy atom. The minimum Gasteiger partial charge on any atom is -0.475 e. The summed E-state index contributed by atoms with van der Waals surface area (Å²) in [5, 5.41) is 7.60. The van der Waals surface area contributed by atoms with E-state index in [9.17, 15) is 22.8 Å². The summed E-state index contributed by atoms with van der Waals surface area (Å²) in [7, 11) is 0. The fourth-order valence-electron chi connectivity index (χ4n) is 2.02. The van der Waals surface area contributed by atoms with Gasteiger partial charge in [0.2, 0.25) is 0 Å². The Morgan fingerprint density at radius 3 is 2.12 bits per heavy atom. The smallest absolute Gasteiger partial charge is 0.475 e. The number of carbonyl (C=O) groups is 1. The molecule has 0 saturated heterocycles. The second-order valence-corrected chi connectivity index (χ2v) is 5.01. The van der Waals surface area contributed by atoms with Gasteiger partial charge in [0.05, 0.1) is 16.6 Å². The lowest BCUT2D eigenvalue weighted by molar-refractivity contribution is -0.192. The maximum absolute atomic E-state index is 12.3. The van der Waals surface area contributed by atoms with Crippen LogP contribution in [-0.2, 0) is 4.79 Å². The molecule has 1 heterocycles. The average molecular weight is 367 g/mol. The fourth-order valence-corrected chi connectivity index (χ4v) is 2.02. The number of benzene rings is 2. The molecule has 4 N–H and O–H groups in total. The highest BCUT2D eigenvalue weighted by Gasteiger charge is 2.38. The number of para-hydroxylation sites is 1. The predicted octanol–water partition coefficient (Wildman–Crippen LogP) is 1.89. The van der Waals surface area contributed by atoms with Crippen LogP contribution in [0, 0.1) is 0 Å². The van der Waals surface area contributed by atoms with Crippen molar-refractivity contribution < 1.29 is 23.1 Å². The number of nitrogens with one attached hydrogen (secondary N) is 1. The van der Waals surface area contributed by atoms with Crippen LogP contribution in [0.5, 0.6) is 0 Å². The third-order valence-electron chi connectivity index (χ3n) is 3.20. The van der Waals surface area contributed by atoms with Gasteiger partial charge in [0.15, 0.2) is 0 Å².